The predicted molar refractivity (Wildman–Crippen MR) is 72.7 cm³/mol. The fourth-order valence-corrected chi connectivity index (χ4v) is 3.12. The molecule has 0 aromatic heterocycles. The van der Waals surface area contributed by atoms with Gasteiger partial charge < -0.3 is 10.0 Å². The van der Waals surface area contributed by atoms with Crippen LogP contribution in [0.3, 0.4) is 0 Å². The van der Waals surface area contributed by atoms with Crippen LogP contribution in [0.15, 0.2) is 12.7 Å². The lowest BCUT2D eigenvalue weighted by Crippen LogP contribution is -2.50. The summed E-state index contributed by atoms with van der Waals surface area (Å²) >= 11 is 0. The fourth-order valence-electron chi connectivity index (χ4n) is 3.12. The molecule has 1 aliphatic carbocycles. The summed E-state index contributed by atoms with van der Waals surface area (Å²) in [7, 11) is 0. The molecule has 0 aromatic carbocycles. The van der Waals surface area contributed by atoms with Crippen molar-refractivity contribution in [3.63, 3.8) is 0 Å². The molecule has 1 amide bonds. The third-order valence-electron chi connectivity index (χ3n) is 4.61. The lowest BCUT2D eigenvalue weighted by Gasteiger charge is -2.40. The maximum atomic E-state index is 12.2. The van der Waals surface area contributed by atoms with Crippen molar-refractivity contribution in [3.8, 4) is 0 Å². The van der Waals surface area contributed by atoms with Crippen LogP contribution >= 0.6 is 0 Å². The molecule has 19 heavy (non-hydrogen) atoms. The van der Waals surface area contributed by atoms with E-state index in [9.17, 15) is 14.7 Å². The largest absolute Gasteiger partial charge is 0.481 e. The molecule has 0 unspecified atom stereocenters. The number of likely N-dealkylation sites (tertiary alicyclic amines) is 1. The van der Waals surface area contributed by atoms with E-state index < -0.39 is 11.4 Å². The first kappa shape index (κ1) is 14.1. The van der Waals surface area contributed by atoms with Gasteiger partial charge in [0.2, 0.25) is 5.91 Å². The average Bonchev–Trinajstić information content (AvgIpc) is 2.34. The predicted octanol–water partition coefficient (Wildman–Crippen LogP) is 2.45. The highest BCUT2D eigenvalue weighted by molar-refractivity contribution is 5.80. The minimum atomic E-state index is -0.810. The fraction of sp³-hybridized carbons (Fsp3) is 0.733. The first-order chi connectivity index (χ1) is 9.07. The number of allylic oxidation sites excluding steroid dienone is 1. The molecule has 2 rings (SSSR count). The first-order valence-electron chi connectivity index (χ1n) is 7.19. The van der Waals surface area contributed by atoms with Gasteiger partial charge >= 0.3 is 5.97 Å². The van der Waals surface area contributed by atoms with E-state index in [1.54, 1.807) is 11.0 Å². The summed E-state index contributed by atoms with van der Waals surface area (Å²) < 4.78 is 0. The Hall–Kier alpha value is -1.32. The molecule has 0 spiro atoms. The molecular weight excluding hydrogens is 242 g/mol. The Morgan fingerprint density at radius 3 is 2.63 bits per heavy atom. The van der Waals surface area contributed by atoms with Crippen LogP contribution in [-0.4, -0.2) is 35.0 Å². The smallest absolute Gasteiger partial charge is 0.311 e. The zero-order valence-corrected chi connectivity index (χ0v) is 11.4. The van der Waals surface area contributed by atoms with E-state index in [0.29, 0.717) is 38.3 Å². The molecule has 1 N–H and O–H groups in total. The second-order valence-corrected chi connectivity index (χ2v) is 6.00. The van der Waals surface area contributed by atoms with Crippen LogP contribution in [-0.2, 0) is 9.59 Å². The number of aliphatic carboxylic acids is 1. The Labute approximate surface area is 114 Å². The molecule has 4 heteroatoms. The number of carboxylic acid groups (broad SMARTS) is 1. The summed E-state index contributed by atoms with van der Waals surface area (Å²) in [5, 5.41) is 9.47. The number of rotatable bonds is 5. The highest BCUT2D eigenvalue weighted by Gasteiger charge is 2.42. The van der Waals surface area contributed by atoms with Crippen molar-refractivity contribution in [3.05, 3.63) is 12.7 Å². The number of hydrogen-bond acceptors (Lipinski definition) is 2. The van der Waals surface area contributed by atoms with Crippen molar-refractivity contribution < 1.29 is 14.7 Å². The molecule has 0 aromatic rings. The molecule has 1 atom stereocenters. The lowest BCUT2D eigenvalue weighted by molar-refractivity contribution is -0.155. The summed E-state index contributed by atoms with van der Waals surface area (Å²) in [6, 6.07) is 0. The molecule has 1 saturated heterocycles. The highest BCUT2D eigenvalue weighted by atomic mass is 16.4. The average molecular weight is 265 g/mol. The van der Waals surface area contributed by atoms with Crippen LogP contribution < -0.4 is 0 Å². The van der Waals surface area contributed by atoms with Gasteiger partial charge in [0.15, 0.2) is 0 Å². The second kappa shape index (κ2) is 5.76. The van der Waals surface area contributed by atoms with Crippen molar-refractivity contribution >= 4 is 11.9 Å². The molecule has 0 radical (unpaired) electrons. The van der Waals surface area contributed by atoms with Gasteiger partial charge in [-0.1, -0.05) is 12.5 Å². The van der Waals surface area contributed by atoms with E-state index in [0.717, 1.165) is 19.3 Å². The topological polar surface area (TPSA) is 57.6 Å². The quantitative estimate of drug-likeness (QED) is 0.777. The van der Waals surface area contributed by atoms with Crippen LogP contribution in [0.5, 0.6) is 0 Å². The SMILES string of the molecule is C=CC[C@@]1(C(=O)O)CCCN(C(=O)CC2CCC2)C1. The van der Waals surface area contributed by atoms with Gasteiger partial charge in [0.25, 0.3) is 0 Å². The van der Waals surface area contributed by atoms with Crippen LogP contribution in [0.1, 0.15) is 44.9 Å². The Morgan fingerprint density at radius 1 is 1.37 bits per heavy atom. The second-order valence-electron chi connectivity index (χ2n) is 6.00. The maximum absolute atomic E-state index is 12.2. The monoisotopic (exact) mass is 265 g/mol. The number of amides is 1. The zero-order chi connectivity index (χ0) is 13.9. The Kier molecular flexibility index (Phi) is 4.27. The van der Waals surface area contributed by atoms with E-state index in [4.69, 9.17) is 0 Å². The van der Waals surface area contributed by atoms with Crippen molar-refractivity contribution in [1.82, 2.24) is 4.90 Å². The molecular formula is C15H23NO3. The van der Waals surface area contributed by atoms with Gasteiger partial charge in [-0.3, -0.25) is 9.59 Å². The van der Waals surface area contributed by atoms with Crippen LogP contribution in [0, 0.1) is 11.3 Å². The van der Waals surface area contributed by atoms with E-state index in [1.165, 1.54) is 6.42 Å². The molecule has 2 fully saturated rings. The lowest BCUT2D eigenvalue weighted by atomic mass is 9.76. The molecule has 4 nitrogen and oxygen atoms in total. The van der Waals surface area contributed by atoms with Crippen molar-refractivity contribution in [2.75, 3.05) is 13.1 Å². The van der Waals surface area contributed by atoms with Gasteiger partial charge in [-0.25, -0.2) is 0 Å². The number of carbonyl (C=O) groups is 2. The number of nitrogens with zero attached hydrogens (tertiary/aromatic N) is 1. The zero-order valence-electron chi connectivity index (χ0n) is 11.4. The number of carboxylic acids is 1. The van der Waals surface area contributed by atoms with Gasteiger partial charge in [-0.15, -0.1) is 6.58 Å². The standard InChI is InChI=1S/C15H23NO3/c1-2-7-15(14(18)19)8-4-9-16(11-15)13(17)10-12-5-3-6-12/h2,12H,1,3-11H2,(H,18,19)/t15-/m1/s1. The third kappa shape index (κ3) is 2.99. The van der Waals surface area contributed by atoms with Crippen molar-refractivity contribution in [1.29, 1.82) is 0 Å². The number of piperidine rings is 1. The highest BCUT2D eigenvalue weighted by Crippen LogP contribution is 2.36. The van der Waals surface area contributed by atoms with Crippen LogP contribution in [0.2, 0.25) is 0 Å². The summed E-state index contributed by atoms with van der Waals surface area (Å²) in [5.74, 6) is -0.124. The summed E-state index contributed by atoms with van der Waals surface area (Å²) in [6.45, 7) is 4.71. The summed E-state index contributed by atoms with van der Waals surface area (Å²) in [6.07, 6.45) is 7.64. The van der Waals surface area contributed by atoms with Crippen LogP contribution in [0.25, 0.3) is 0 Å². The minimum Gasteiger partial charge on any atom is -0.481 e. The van der Waals surface area contributed by atoms with Crippen molar-refractivity contribution in [2.45, 2.75) is 44.9 Å². The summed E-state index contributed by atoms with van der Waals surface area (Å²) in [5.41, 5.74) is -0.810. The Balaban J connectivity index is 1.99. The van der Waals surface area contributed by atoms with E-state index in [2.05, 4.69) is 6.58 Å². The van der Waals surface area contributed by atoms with Gasteiger partial charge in [-0.2, -0.15) is 0 Å². The molecule has 0 bridgehead atoms. The Morgan fingerprint density at radius 2 is 2.11 bits per heavy atom. The number of carbonyl (C=O) groups excluding carboxylic acids is 1. The third-order valence-corrected chi connectivity index (χ3v) is 4.61. The molecule has 2 aliphatic rings. The van der Waals surface area contributed by atoms with E-state index in [1.807, 2.05) is 0 Å². The van der Waals surface area contributed by atoms with Gasteiger partial charge in [-0.05, 0) is 38.0 Å². The molecule has 1 aliphatic heterocycles. The number of hydrogen-bond donors (Lipinski definition) is 1. The molecule has 1 heterocycles. The van der Waals surface area contributed by atoms with E-state index >= 15 is 0 Å². The van der Waals surface area contributed by atoms with Gasteiger partial charge in [0, 0.05) is 19.5 Å². The normalized spacial score (nSPS) is 27.7. The Bertz CT molecular complexity index is 376. The van der Waals surface area contributed by atoms with Gasteiger partial charge in [0.05, 0.1) is 5.41 Å². The molecule has 1 saturated carbocycles. The minimum absolute atomic E-state index is 0.138. The van der Waals surface area contributed by atoms with Crippen LogP contribution in [0.4, 0.5) is 0 Å². The maximum Gasteiger partial charge on any atom is 0.311 e. The van der Waals surface area contributed by atoms with Crippen molar-refractivity contribution in [2.24, 2.45) is 11.3 Å². The molecule has 106 valence electrons. The summed E-state index contributed by atoms with van der Waals surface area (Å²) in [4.78, 5) is 25.5. The first-order valence-corrected chi connectivity index (χ1v) is 7.19. The van der Waals surface area contributed by atoms with E-state index in [-0.39, 0.29) is 5.91 Å². The van der Waals surface area contributed by atoms with Gasteiger partial charge in [0.1, 0.15) is 0 Å².